The normalized spacial score (nSPS) is 39.4. The van der Waals surface area contributed by atoms with Gasteiger partial charge in [-0.15, -0.1) is 0 Å². The van der Waals surface area contributed by atoms with E-state index in [2.05, 4.69) is 10.3 Å². The van der Waals surface area contributed by atoms with Crippen LogP contribution in [0.5, 0.6) is 0 Å². The predicted octanol–water partition coefficient (Wildman–Crippen LogP) is 3.61. The van der Waals surface area contributed by atoms with Crippen LogP contribution in [0.15, 0.2) is 24.4 Å². The van der Waals surface area contributed by atoms with Gasteiger partial charge in [-0.1, -0.05) is 6.07 Å². The molecule has 2 spiro atoms. The summed E-state index contributed by atoms with van der Waals surface area (Å²) in [5.74, 6) is 2.16. The fourth-order valence-corrected chi connectivity index (χ4v) is 7.14. The second-order valence-corrected chi connectivity index (χ2v) is 12.6. The van der Waals surface area contributed by atoms with Gasteiger partial charge in [-0.2, -0.15) is 18.2 Å². The van der Waals surface area contributed by atoms with Gasteiger partial charge in [0.15, 0.2) is 0 Å². The molecule has 4 bridgehead atoms. The molecule has 0 atom stereocenters. The number of aromatic nitrogens is 1. The minimum Gasteiger partial charge on any atom is -0.350 e. The van der Waals surface area contributed by atoms with Crippen LogP contribution >= 0.6 is 0 Å². The van der Waals surface area contributed by atoms with Crippen molar-refractivity contribution in [3.63, 3.8) is 0 Å². The van der Waals surface area contributed by atoms with Crippen LogP contribution in [0.25, 0.3) is 0 Å². The quantitative estimate of drug-likeness (QED) is 0.467. The molecule has 2 heterocycles. The van der Waals surface area contributed by atoms with Gasteiger partial charge >= 0.3 is 0 Å². The molecule has 2 N–H and O–H groups in total. The molecular formula is C25H36N2O7S. The van der Waals surface area contributed by atoms with Crippen molar-refractivity contribution in [1.82, 2.24) is 10.3 Å². The molecule has 5 saturated carbocycles. The molecule has 194 valence electrons. The Hall–Kier alpha value is -1.59. The number of pyridine rings is 1. The third kappa shape index (κ3) is 5.72. The Balaban J connectivity index is 0.000000464. The fourth-order valence-electron chi connectivity index (χ4n) is 7.14. The van der Waals surface area contributed by atoms with Gasteiger partial charge in [0.1, 0.15) is 0 Å². The molecule has 7 rings (SSSR count). The molecule has 1 aromatic heterocycles. The molecule has 9 nitrogen and oxygen atoms in total. The third-order valence-electron chi connectivity index (χ3n) is 8.48. The Bertz CT molecular complexity index is 972. The highest BCUT2D eigenvalue weighted by molar-refractivity contribution is 7.85. The molecule has 1 aromatic rings. The van der Waals surface area contributed by atoms with E-state index in [-0.39, 0.29) is 5.91 Å². The van der Waals surface area contributed by atoms with Crippen molar-refractivity contribution in [3.8, 4) is 0 Å². The Morgan fingerprint density at radius 2 is 1.71 bits per heavy atom. The van der Waals surface area contributed by atoms with E-state index in [1.807, 2.05) is 18.2 Å². The molecule has 1 saturated heterocycles. The van der Waals surface area contributed by atoms with Crippen molar-refractivity contribution in [3.05, 3.63) is 30.1 Å². The van der Waals surface area contributed by atoms with Gasteiger partial charge in [-0.05, 0) is 74.8 Å². The SMILES string of the molecule is CS(=O)(=O)O.O=C(CC1CCC2(CC1)OOC1(O2)C2CC3CC(C2)CC1C3)NCc1ccccn1. The molecule has 0 unspecified atom stereocenters. The van der Waals surface area contributed by atoms with Crippen molar-refractivity contribution in [1.29, 1.82) is 0 Å². The van der Waals surface area contributed by atoms with Gasteiger partial charge in [0, 0.05) is 37.3 Å². The van der Waals surface area contributed by atoms with Crippen LogP contribution in [-0.2, 0) is 36.0 Å². The van der Waals surface area contributed by atoms with Crippen LogP contribution in [0.1, 0.15) is 69.9 Å². The average molecular weight is 509 g/mol. The van der Waals surface area contributed by atoms with E-state index < -0.39 is 21.7 Å². The molecule has 35 heavy (non-hydrogen) atoms. The number of ether oxygens (including phenoxy) is 1. The van der Waals surface area contributed by atoms with Crippen LogP contribution in [0.4, 0.5) is 0 Å². The Morgan fingerprint density at radius 3 is 2.29 bits per heavy atom. The molecule has 0 radical (unpaired) electrons. The summed E-state index contributed by atoms with van der Waals surface area (Å²) in [5.41, 5.74) is 0.888. The van der Waals surface area contributed by atoms with Crippen molar-refractivity contribution in [2.24, 2.45) is 29.6 Å². The summed E-state index contributed by atoms with van der Waals surface area (Å²) in [6.45, 7) is 0.490. The van der Waals surface area contributed by atoms with Gasteiger partial charge in [-0.3, -0.25) is 14.3 Å². The maximum Gasteiger partial charge on any atom is 0.261 e. The molecule has 5 aliphatic carbocycles. The molecule has 1 amide bonds. The summed E-state index contributed by atoms with van der Waals surface area (Å²) >= 11 is 0. The standard InChI is InChI=1S/C24H32N2O4.CH4O3S/c27-22(26-15-21-3-1-2-8-25-21)14-16-4-6-23(7-5-16)28-24(30-29-23)19-10-17-9-18(12-19)13-20(24)11-17;1-5(2,3)4/h1-3,8,16-20H,4-7,9-15H2,(H,26,27);1H3,(H,2,3,4). The molecule has 1 aliphatic heterocycles. The highest BCUT2D eigenvalue weighted by atomic mass is 32.2. The second kappa shape index (κ2) is 9.70. The first-order valence-corrected chi connectivity index (χ1v) is 14.6. The first-order chi connectivity index (χ1) is 16.6. The van der Waals surface area contributed by atoms with Gasteiger partial charge in [-0.25, -0.2) is 0 Å². The first kappa shape index (κ1) is 25.1. The zero-order valence-electron chi connectivity index (χ0n) is 20.2. The number of hydrogen-bond donors (Lipinski definition) is 2. The van der Waals surface area contributed by atoms with Gasteiger partial charge in [0.25, 0.3) is 10.1 Å². The van der Waals surface area contributed by atoms with Gasteiger partial charge in [0.05, 0.1) is 18.5 Å². The summed E-state index contributed by atoms with van der Waals surface area (Å²) in [6.07, 6.45) is 12.9. The maximum atomic E-state index is 12.4. The van der Waals surface area contributed by atoms with Crippen molar-refractivity contribution < 1.29 is 32.3 Å². The van der Waals surface area contributed by atoms with Crippen LogP contribution in [0, 0.1) is 29.6 Å². The monoisotopic (exact) mass is 508 g/mol. The third-order valence-corrected chi connectivity index (χ3v) is 8.48. The summed E-state index contributed by atoms with van der Waals surface area (Å²) in [5, 5.41) is 3.00. The summed E-state index contributed by atoms with van der Waals surface area (Å²) in [4.78, 5) is 28.7. The van der Waals surface area contributed by atoms with E-state index in [9.17, 15) is 13.2 Å². The lowest BCUT2D eigenvalue weighted by molar-refractivity contribution is -0.390. The van der Waals surface area contributed by atoms with Crippen LogP contribution < -0.4 is 5.32 Å². The Morgan fingerprint density at radius 1 is 1.09 bits per heavy atom. The first-order valence-electron chi connectivity index (χ1n) is 12.8. The number of nitrogens with one attached hydrogen (secondary N) is 1. The Labute approximate surface area is 207 Å². The Kier molecular flexibility index (Phi) is 6.95. The van der Waals surface area contributed by atoms with Crippen LogP contribution in [0.3, 0.4) is 0 Å². The lowest BCUT2D eigenvalue weighted by Gasteiger charge is -2.57. The number of hydrogen-bond acceptors (Lipinski definition) is 7. The minimum atomic E-state index is -3.67. The van der Waals surface area contributed by atoms with Crippen LogP contribution in [0.2, 0.25) is 0 Å². The maximum absolute atomic E-state index is 12.4. The van der Waals surface area contributed by atoms with E-state index in [0.29, 0.717) is 37.0 Å². The molecular weight excluding hydrogens is 472 g/mol. The highest BCUT2D eigenvalue weighted by Crippen LogP contribution is 2.63. The summed E-state index contributed by atoms with van der Waals surface area (Å²) in [7, 11) is -3.67. The van der Waals surface area contributed by atoms with E-state index in [4.69, 9.17) is 19.1 Å². The molecule has 10 heteroatoms. The number of amides is 1. The summed E-state index contributed by atoms with van der Waals surface area (Å²) in [6, 6.07) is 5.75. The van der Waals surface area contributed by atoms with Gasteiger partial charge < -0.3 is 10.1 Å². The number of rotatable bonds is 4. The van der Waals surface area contributed by atoms with Crippen molar-refractivity contribution in [2.75, 3.05) is 6.26 Å². The lowest BCUT2D eigenvalue weighted by Crippen LogP contribution is -2.59. The number of nitrogens with zero attached hydrogens (tertiary/aromatic N) is 1. The largest absolute Gasteiger partial charge is 0.350 e. The topological polar surface area (TPSA) is 124 Å². The van der Waals surface area contributed by atoms with Crippen molar-refractivity contribution in [2.45, 2.75) is 82.3 Å². The lowest BCUT2D eigenvalue weighted by atomic mass is 9.53. The highest BCUT2D eigenvalue weighted by Gasteiger charge is 2.66. The molecule has 6 aliphatic rings. The van der Waals surface area contributed by atoms with E-state index in [0.717, 1.165) is 43.2 Å². The van der Waals surface area contributed by atoms with Crippen molar-refractivity contribution >= 4 is 16.0 Å². The van der Waals surface area contributed by atoms with E-state index in [1.165, 1.54) is 32.1 Å². The smallest absolute Gasteiger partial charge is 0.261 e. The summed E-state index contributed by atoms with van der Waals surface area (Å²) < 4.78 is 32.6. The minimum absolute atomic E-state index is 0.101. The average Bonchev–Trinajstić information content (AvgIpc) is 3.17. The number of carbonyl (C=O) groups is 1. The number of carbonyl (C=O) groups excluding carboxylic acids is 1. The molecule has 0 aromatic carbocycles. The van der Waals surface area contributed by atoms with E-state index >= 15 is 0 Å². The molecule has 6 fully saturated rings. The zero-order chi connectivity index (χ0) is 24.7. The van der Waals surface area contributed by atoms with Gasteiger partial charge in [0.2, 0.25) is 17.5 Å². The van der Waals surface area contributed by atoms with E-state index in [1.54, 1.807) is 6.20 Å². The second-order valence-electron chi connectivity index (χ2n) is 11.2. The van der Waals surface area contributed by atoms with Crippen LogP contribution in [-0.4, -0.2) is 41.7 Å². The predicted molar refractivity (Wildman–Crippen MR) is 126 cm³/mol. The fraction of sp³-hybridized carbons (Fsp3) is 0.760. The zero-order valence-corrected chi connectivity index (χ0v) is 21.0.